The summed E-state index contributed by atoms with van der Waals surface area (Å²) in [7, 11) is 6.85. The van der Waals surface area contributed by atoms with Gasteiger partial charge in [0.1, 0.15) is 6.04 Å². The van der Waals surface area contributed by atoms with Gasteiger partial charge in [-0.2, -0.15) is 0 Å². The van der Waals surface area contributed by atoms with Gasteiger partial charge in [0.2, 0.25) is 0 Å². The van der Waals surface area contributed by atoms with Gasteiger partial charge in [0, 0.05) is 88.3 Å². The van der Waals surface area contributed by atoms with Crippen LogP contribution >= 0.6 is 34.8 Å². The molecule has 1 fully saturated rings. The summed E-state index contributed by atoms with van der Waals surface area (Å²) in [6.45, 7) is 17.2. The topological polar surface area (TPSA) is 241 Å². The number of methoxy groups -OCH3 is 4. The maximum atomic E-state index is 11.5. The van der Waals surface area contributed by atoms with Crippen LogP contribution in [0.5, 0.6) is 0 Å². The zero-order valence-electron chi connectivity index (χ0n) is 55.2. The molecule has 1 aliphatic heterocycles. The van der Waals surface area contributed by atoms with Crippen LogP contribution in [0.2, 0.25) is 0 Å². The number of nitrogens with two attached hydrogens (primary N) is 1. The first-order chi connectivity index (χ1) is 43.7. The molecule has 6 rings (SSSR count). The van der Waals surface area contributed by atoms with Gasteiger partial charge in [0.15, 0.2) is 5.71 Å². The number of esters is 3. The molecule has 0 spiro atoms. The summed E-state index contributed by atoms with van der Waals surface area (Å²) in [4.78, 5) is 42.9. The molecule has 1 aliphatic rings. The summed E-state index contributed by atoms with van der Waals surface area (Å²) >= 11 is 14.2. The number of halogens is 3. The number of aliphatic hydroxyl groups is 2. The smallest absolute Gasteiger partial charge is 0.391 e. The van der Waals surface area contributed by atoms with E-state index in [-0.39, 0.29) is 44.9 Å². The van der Waals surface area contributed by atoms with E-state index < -0.39 is 23.2 Å². The minimum atomic E-state index is -1.08. The Labute approximate surface area is 555 Å². The van der Waals surface area contributed by atoms with Crippen LogP contribution in [0.1, 0.15) is 133 Å². The Bertz CT molecular complexity index is 2330. The van der Waals surface area contributed by atoms with Crippen LogP contribution in [0.4, 0.5) is 0 Å². The second-order valence-electron chi connectivity index (χ2n) is 18.2. The lowest BCUT2D eigenvalue weighted by molar-refractivity contribution is -0.150. The van der Waals surface area contributed by atoms with Crippen LogP contribution in [-0.2, 0) is 89.2 Å². The van der Waals surface area contributed by atoms with E-state index in [1.54, 1.807) is 68.3 Å². The molecular formula is C70H109Cl3N2O15. The number of aryl methyl sites for hydroxylation is 5. The van der Waals surface area contributed by atoms with E-state index in [0.717, 1.165) is 108 Å². The average molecular weight is 1320 g/mol. The van der Waals surface area contributed by atoms with Gasteiger partial charge in [-0.3, -0.25) is 4.79 Å². The van der Waals surface area contributed by atoms with Gasteiger partial charge in [-0.1, -0.05) is 159 Å². The second kappa shape index (κ2) is 70.7. The van der Waals surface area contributed by atoms with Crippen molar-refractivity contribution in [2.75, 3.05) is 106 Å². The second-order valence-corrected chi connectivity index (χ2v) is 19.4. The Morgan fingerprint density at radius 2 is 0.833 bits per heavy atom. The summed E-state index contributed by atoms with van der Waals surface area (Å²) in [6, 6.07) is 45.5. The third-order valence-corrected chi connectivity index (χ3v) is 11.5. The summed E-state index contributed by atoms with van der Waals surface area (Å²) in [5.74, 6) is -2.00. The Hall–Kier alpha value is -5.80. The summed E-state index contributed by atoms with van der Waals surface area (Å²) in [5, 5.41) is 27.1. The molecular weight excluding hydrogens is 1220 g/mol. The molecule has 90 heavy (non-hydrogen) atoms. The van der Waals surface area contributed by atoms with Crippen LogP contribution in [0.15, 0.2) is 145 Å². The molecule has 0 amide bonds. The summed E-state index contributed by atoms with van der Waals surface area (Å²) in [6.07, 6.45) is 12.7. The summed E-state index contributed by atoms with van der Waals surface area (Å²) < 4.78 is 38.7. The lowest BCUT2D eigenvalue weighted by Crippen LogP contribution is -2.23. The number of carbonyl (C=O) groups excluding carboxylic acids is 4. The van der Waals surface area contributed by atoms with Crippen LogP contribution < -0.4 is 5.73 Å². The molecule has 0 bridgehead atoms. The van der Waals surface area contributed by atoms with Crippen molar-refractivity contribution in [1.82, 2.24) is 0 Å². The minimum Gasteiger partial charge on any atom is -0.465 e. The van der Waals surface area contributed by atoms with Crippen molar-refractivity contribution < 1.29 is 73.9 Å². The van der Waals surface area contributed by atoms with Crippen molar-refractivity contribution in [1.29, 1.82) is 0 Å². The Morgan fingerprint density at radius 1 is 0.522 bits per heavy atom. The van der Waals surface area contributed by atoms with Gasteiger partial charge in [-0.15, -0.1) is 23.2 Å². The molecule has 5 aromatic rings. The highest BCUT2D eigenvalue weighted by Crippen LogP contribution is 2.15. The number of carbonyl (C=O) groups is 4. The van der Waals surface area contributed by atoms with Gasteiger partial charge in [-0.05, 0) is 150 Å². The van der Waals surface area contributed by atoms with Gasteiger partial charge in [0.25, 0.3) is 0 Å². The quantitative estimate of drug-likeness (QED) is 0.00440. The van der Waals surface area contributed by atoms with Crippen LogP contribution in [0.25, 0.3) is 0 Å². The van der Waals surface area contributed by atoms with Gasteiger partial charge in [0.05, 0.1) is 25.2 Å². The largest absolute Gasteiger partial charge is 0.465 e. The molecule has 0 radical (unpaired) electrons. The fraction of sp³-hybridized carbons (Fsp3) is 0.500. The first kappa shape index (κ1) is 90.6. The Balaban J connectivity index is -0.000000318. The number of benzene rings is 5. The van der Waals surface area contributed by atoms with Crippen molar-refractivity contribution in [3.8, 4) is 0 Å². The maximum absolute atomic E-state index is 11.5. The third kappa shape index (κ3) is 56.2. The van der Waals surface area contributed by atoms with Crippen molar-refractivity contribution in [3.05, 3.63) is 178 Å². The fourth-order valence-corrected chi connectivity index (χ4v) is 7.16. The fourth-order valence-electron chi connectivity index (χ4n) is 7.10. The van der Waals surface area contributed by atoms with E-state index in [1.807, 2.05) is 80.6 Å². The molecule has 0 aromatic heterocycles. The molecule has 5 N–H and O–H groups in total. The SMILES string of the molecule is C1CCOC1.CC.CCO.CCOC(=O)/C(=N\O)c1ccc(CCCOC)cc1.CCOC(=O)C(=O)Cl.CCOC(=O)C(N)c1ccc(CCCOC)cc1.COCCCc1ccccc1.COCCCc1ccccc1.ClCCl.OCCCc1ccccc1.[HH]. The molecule has 0 saturated carbocycles. The minimum absolute atomic E-state index is 0. The predicted molar refractivity (Wildman–Crippen MR) is 367 cm³/mol. The molecule has 0 aliphatic carbocycles. The maximum Gasteiger partial charge on any atom is 0.391 e. The lowest BCUT2D eigenvalue weighted by atomic mass is 10.0. The highest BCUT2D eigenvalue weighted by molar-refractivity contribution is 6.80. The molecule has 20 heteroatoms. The number of hydrogen-bond acceptors (Lipinski definition) is 17. The van der Waals surface area contributed by atoms with E-state index in [9.17, 15) is 19.2 Å². The number of alkyl halides is 2. The highest BCUT2D eigenvalue weighted by Gasteiger charge is 2.17. The van der Waals surface area contributed by atoms with E-state index >= 15 is 0 Å². The third-order valence-electron chi connectivity index (χ3n) is 11.3. The number of rotatable bonds is 27. The molecule has 510 valence electrons. The monoisotopic (exact) mass is 1320 g/mol. The predicted octanol–water partition coefficient (Wildman–Crippen LogP) is 13.8. The Kier molecular flexibility index (Phi) is 71.1. The summed E-state index contributed by atoms with van der Waals surface area (Å²) in [5.41, 5.74) is 13.5. The first-order valence-electron chi connectivity index (χ1n) is 30.6. The number of oxime groups is 1. The molecule has 17 nitrogen and oxygen atoms in total. The highest BCUT2D eigenvalue weighted by atomic mass is 35.5. The van der Waals surface area contributed by atoms with Crippen molar-refractivity contribution >= 4 is 63.7 Å². The van der Waals surface area contributed by atoms with Crippen molar-refractivity contribution in [2.24, 2.45) is 10.9 Å². The van der Waals surface area contributed by atoms with Gasteiger partial charge in [-0.25, -0.2) is 14.4 Å². The van der Waals surface area contributed by atoms with E-state index in [2.05, 4.69) is 70.6 Å². The van der Waals surface area contributed by atoms with E-state index in [4.69, 9.17) is 89.1 Å². The number of nitrogens with zero attached hydrogens (tertiary/aromatic N) is 1. The van der Waals surface area contributed by atoms with Crippen molar-refractivity contribution in [3.63, 3.8) is 0 Å². The van der Waals surface area contributed by atoms with Gasteiger partial charge < -0.3 is 59.0 Å². The molecule has 1 heterocycles. The molecule has 1 saturated heterocycles. The average Bonchev–Trinajstić information content (AvgIpc) is 4.29. The molecule has 1 unspecified atom stereocenters. The van der Waals surface area contributed by atoms with Gasteiger partial charge >= 0.3 is 23.2 Å². The standard InChI is InChI=1S/C14H19NO4.C14H21NO3.2C10H14O.C9H12O.C4H5ClO3.C4H8O.C2H6O.C2H6.CH2Cl2.H2/c1-3-19-14(16)13(15-17)12-8-6-11(7-9-12)5-4-10-18-2;1-3-18-14(16)13(15)12-8-6-11(7-9-12)5-4-10-17-2;2*1-11-9-5-8-10-6-3-2-4-7-10;10-8-4-7-9-5-2-1-3-6-9;1-2-8-4(7)3(5)6;1-2-4-5-3-1;1-2-3;1-2;2-1-3;/h6-9,17H,3-5,10H2,1-2H3;6-9,13H,3-5,10,15H2,1-2H3;2*2-4,6-7H,5,8-9H2,1H3;1-3,5-6,10H,4,7-8H2;2H2,1H3;1-4H2;3H,2H2,1H3;1-2H3;1H2;1H/b15-13-;;;;;;;;;;. The number of aliphatic hydroxyl groups excluding tert-OH is 2. The normalized spacial score (nSPS) is 10.9. The Morgan fingerprint density at radius 3 is 1.10 bits per heavy atom. The number of ether oxygens (including phenoxy) is 8. The van der Waals surface area contributed by atoms with Crippen LogP contribution in [0.3, 0.4) is 0 Å². The zero-order valence-corrected chi connectivity index (χ0v) is 57.5. The first-order valence-corrected chi connectivity index (χ1v) is 32.0. The van der Waals surface area contributed by atoms with Crippen LogP contribution in [0, 0.1) is 0 Å². The van der Waals surface area contributed by atoms with Crippen LogP contribution in [-0.4, -0.2) is 151 Å². The lowest BCUT2D eigenvalue weighted by Gasteiger charge is -2.11. The zero-order chi connectivity index (χ0) is 68.1. The number of hydrogen-bond donors (Lipinski definition) is 4. The molecule has 1 atom stereocenters. The van der Waals surface area contributed by atoms with E-state index in [0.29, 0.717) is 18.8 Å². The van der Waals surface area contributed by atoms with Crippen molar-refractivity contribution in [2.45, 2.75) is 125 Å². The molecule has 5 aromatic carbocycles. The van der Waals surface area contributed by atoms with E-state index in [1.165, 1.54) is 35.1 Å².